The summed E-state index contributed by atoms with van der Waals surface area (Å²) in [6.07, 6.45) is 4.99. The zero-order valence-electron chi connectivity index (χ0n) is 18.2. The number of nitriles is 1. The molecule has 0 spiro atoms. The first-order chi connectivity index (χ1) is 16.2. The molecule has 0 aliphatic heterocycles. The highest BCUT2D eigenvalue weighted by Gasteiger charge is 2.13. The lowest BCUT2D eigenvalue weighted by molar-refractivity contribution is -0.112. The number of benzene rings is 3. The number of nitrogens with zero attached hydrogens (tertiary/aromatic N) is 2. The normalized spacial score (nSPS) is 11.2. The molecule has 164 valence electrons. The fourth-order valence-electron chi connectivity index (χ4n) is 3.44. The molecule has 0 bridgehead atoms. The van der Waals surface area contributed by atoms with Gasteiger partial charge in [0.1, 0.15) is 17.4 Å². The molecule has 0 fully saturated rings. The molecule has 1 N–H and O–H groups in total. The molecule has 0 saturated carbocycles. The Balaban J connectivity index is 1.44. The minimum atomic E-state index is -0.477. The third-order valence-electron chi connectivity index (χ3n) is 5.05. The van der Waals surface area contributed by atoms with Crippen LogP contribution in [0.2, 0.25) is 0 Å². The summed E-state index contributed by atoms with van der Waals surface area (Å²) in [7, 11) is 0. The molecule has 0 aliphatic carbocycles. The van der Waals surface area contributed by atoms with Crippen LogP contribution in [-0.4, -0.2) is 17.5 Å². The van der Waals surface area contributed by atoms with Crippen molar-refractivity contribution in [1.82, 2.24) is 4.98 Å². The first-order valence-electron chi connectivity index (χ1n) is 10.7. The zero-order valence-corrected chi connectivity index (χ0v) is 19.1. The molecule has 0 aliphatic rings. The Bertz CT molecular complexity index is 1330. The van der Waals surface area contributed by atoms with Crippen LogP contribution < -0.4 is 10.1 Å². The second-order valence-corrected chi connectivity index (χ2v) is 8.60. The van der Waals surface area contributed by atoms with Crippen LogP contribution in [0.1, 0.15) is 29.3 Å². The summed E-state index contributed by atoms with van der Waals surface area (Å²) >= 11 is 1.41. The van der Waals surface area contributed by atoms with Crippen molar-refractivity contribution < 1.29 is 9.53 Å². The first-order valence-corrected chi connectivity index (χ1v) is 11.6. The molecule has 6 heteroatoms. The van der Waals surface area contributed by atoms with Crippen LogP contribution in [0.4, 0.5) is 5.13 Å². The van der Waals surface area contributed by atoms with E-state index in [9.17, 15) is 10.1 Å². The Labute approximate surface area is 197 Å². The predicted molar refractivity (Wildman–Crippen MR) is 133 cm³/mol. The number of hydrogen-bond donors (Lipinski definition) is 1. The van der Waals surface area contributed by atoms with Gasteiger partial charge in [-0.05, 0) is 46.5 Å². The molecule has 4 rings (SSSR count). The van der Waals surface area contributed by atoms with Gasteiger partial charge in [0.25, 0.3) is 5.91 Å². The van der Waals surface area contributed by atoms with Crippen molar-refractivity contribution in [2.75, 3.05) is 11.9 Å². The van der Waals surface area contributed by atoms with Crippen LogP contribution >= 0.6 is 11.3 Å². The Morgan fingerprint density at radius 1 is 1.12 bits per heavy atom. The Morgan fingerprint density at radius 2 is 1.91 bits per heavy atom. The van der Waals surface area contributed by atoms with Gasteiger partial charge in [0, 0.05) is 17.5 Å². The van der Waals surface area contributed by atoms with Gasteiger partial charge in [-0.1, -0.05) is 61.5 Å². The van der Waals surface area contributed by atoms with Gasteiger partial charge in [0.05, 0.1) is 6.61 Å². The van der Waals surface area contributed by atoms with Gasteiger partial charge in [0.2, 0.25) is 0 Å². The highest BCUT2D eigenvalue weighted by molar-refractivity contribution is 7.15. The van der Waals surface area contributed by atoms with Crippen LogP contribution in [0.3, 0.4) is 0 Å². The van der Waals surface area contributed by atoms with Gasteiger partial charge in [-0.2, -0.15) is 5.26 Å². The van der Waals surface area contributed by atoms with Crippen molar-refractivity contribution in [2.24, 2.45) is 0 Å². The standard InChI is InChI=1S/C27H23N3O2S/c1-2-14-32-23-12-10-19(11-13-23)15-22(17-28)26(31)30-27-29-18-24(33-27)16-21-8-5-7-20-6-3-4-9-25(20)21/h3-13,15,18H,2,14,16H2,1H3,(H,29,30,31)/b22-15+. The number of nitrogens with one attached hydrogen (secondary N) is 1. The number of rotatable bonds is 8. The molecule has 3 aromatic carbocycles. The van der Waals surface area contributed by atoms with Gasteiger partial charge in [-0.25, -0.2) is 4.98 Å². The molecule has 0 saturated heterocycles. The highest BCUT2D eigenvalue weighted by Crippen LogP contribution is 2.26. The lowest BCUT2D eigenvalue weighted by atomic mass is 10.0. The molecule has 33 heavy (non-hydrogen) atoms. The predicted octanol–water partition coefficient (Wildman–Crippen LogP) is 6.22. The van der Waals surface area contributed by atoms with Crippen LogP contribution in [0.15, 0.2) is 78.5 Å². The summed E-state index contributed by atoms with van der Waals surface area (Å²) in [6.45, 7) is 2.70. The van der Waals surface area contributed by atoms with E-state index >= 15 is 0 Å². The minimum absolute atomic E-state index is 0.0167. The lowest BCUT2D eigenvalue weighted by Crippen LogP contribution is -2.13. The van der Waals surface area contributed by atoms with E-state index in [1.54, 1.807) is 12.3 Å². The van der Waals surface area contributed by atoms with Gasteiger partial charge in [-0.15, -0.1) is 11.3 Å². The topological polar surface area (TPSA) is 75.0 Å². The molecule has 0 radical (unpaired) electrons. The van der Waals surface area contributed by atoms with Crippen LogP contribution in [-0.2, 0) is 11.2 Å². The van der Waals surface area contributed by atoms with Crippen LogP contribution in [0.5, 0.6) is 5.75 Å². The van der Waals surface area contributed by atoms with E-state index in [1.807, 2.05) is 55.5 Å². The third-order valence-corrected chi connectivity index (χ3v) is 5.96. The maximum Gasteiger partial charge on any atom is 0.268 e. The van der Waals surface area contributed by atoms with Crippen LogP contribution in [0, 0.1) is 11.3 Å². The summed E-state index contributed by atoms with van der Waals surface area (Å²) in [6, 6.07) is 23.8. The number of hydrogen-bond acceptors (Lipinski definition) is 5. The number of aromatic nitrogens is 1. The molecule has 1 aromatic heterocycles. The number of amides is 1. The fourth-order valence-corrected chi connectivity index (χ4v) is 4.27. The van der Waals surface area contributed by atoms with E-state index in [0.717, 1.165) is 29.0 Å². The monoisotopic (exact) mass is 453 g/mol. The maximum absolute atomic E-state index is 12.6. The first kappa shape index (κ1) is 22.3. The fraction of sp³-hybridized carbons (Fsp3) is 0.148. The van der Waals surface area contributed by atoms with E-state index < -0.39 is 5.91 Å². The average molecular weight is 454 g/mol. The van der Waals surface area contributed by atoms with Crippen molar-refractivity contribution >= 4 is 39.2 Å². The molecule has 1 amide bonds. The molecular weight excluding hydrogens is 430 g/mol. The SMILES string of the molecule is CCCOc1ccc(/C=C(\C#N)C(=O)Nc2ncc(Cc3cccc4ccccc34)s2)cc1. The van der Waals surface area contributed by atoms with E-state index in [1.165, 1.54) is 27.7 Å². The molecule has 4 aromatic rings. The largest absolute Gasteiger partial charge is 0.494 e. The zero-order chi connectivity index (χ0) is 23.0. The number of ether oxygens (including phenoxy) is 1. The van der Waals surface area contributed by atoms with Gasteiger partial charge < -0.3 is 4.74 Å². The highest BCUT2D eigenvalue weighted by atomic mass is 32.1. The van der Waals surface area contributed by atoms with Crippen LogP contribution in [0.25, 0.3) is 16.8 Å². The smallest absolute Gasteiger partial charge is 0.268 e. The number of fused-ring (bicyclic) bond motifs is 1. The Hall–Kier alpha value is -3.95. The maximum atomic E-state index is 12.6. The van der Waals surface area contributed by atoms with E-state index in [0.29, 0.717) is 11.7 Å². The second kappa shape index (κ2) is 10.6. The van der Waals surface area contributed by atoms with E-state index in [2.05, 4.69) is 34.6 Å². The van der Waals surface area contributed by atoms with Crippen molar-refractivity contribution in [3.63, 3.8) is 0 Å². The molecule has 1 heterocycles. The summed E-state index contributed by atoms with van der Waals surface area (Å²) < 4.78 is 5.56. The number of carbonyl (C=O) groups excluding carboxylic acids is 1. The van der Waals surface area contributed by atoms with E-state index in [4.69, 9.17) is 4.74 Å². The summed E-state index contributed by atoms with van der Waals surface area (Å²) in [4.78, 5) is 18.0. The lowest BCUT2D eigenvalue weighted by Gasteiger charge is -2.05. The second-order valence-electron chi connectivity index (χ2n) is 7.49. The molecular formula is C27H23N3O2S. The van der Waals surface area contributed by atoms with Crippen molar-refractivity contribution in [1.29, 1.82) is 5.26 Å². The Morgan fingerprint density at radius 3 is 2.70 bits per heavy atom. The van der Waals surface area contributed by atoms with Gasteiger partial charge in [0.15, 0.2) is 5.13 Å². The van der Waals surface area contributed by atoms with E-state index in [-0.39, 0.29) is 5.57 Å². The average Bonchev–Trinajstić information content (AvgIpc) is 3.28. The summed E-state index contributed by atoms with van der Waals surface area (Å²) in [5.74, 6) is 0.285. The third kappa shape index (κ3) is 5.65. The number of anilines is 1. The quantitative estimate of drug-likeness (QED) is 0.254. The van der Waals surface area contributed by atoms with Gasteiger partial charge >= 0.3 is 0 Å². The minimum Gasteiger partial charge on any atom is -0.494 e. The van der Waals surface area contributed by atoms with Gasteiger partial charge in [-0.3, -0.25) is 10.1 Å². The number of carbonyl (C=O) groups is 1. The van der Waals surface area contributed by atoms with Crippen molar-refractivity contribution in [3.8, 4) is 11.8 Å². The summed E-state index contributed by atoms with van der Waals surface area (Å²) in [5.41, 5.74) is 1.97. The summed E-state index contributed by atoms with van der Waals surface area (Å²) in [5, 5.41) is 15.1. The molecule has 0 unspecified atom stereocenters. The van der Waals surface area contributed by atoms with Crippen molar-refractivity contribution in [2.45, 2.75) is 19.8 Å². The Kier molecular flexibility index (Phi) is 7.13. The number of thiazole rings is 1. The molecule has 5 nitrogen and oxygen atoms in total. The van der Waals surface area contributed by atoms with Crippen molar-refractivity contribution in [3.05, 3.63) is 94.5 Å². The molecule has 0 atom stereocenters.